The van der Waals surface area contributed by atoms with Crippen LogP contribution in [0.1, 0.15) is 49.1 Å². The van der Waals surface area contributed by atoms with Gasteiger partial charge >= 0.3 is 0 Å². The minimum atomic E-state index is -0.147. The van der Waals surface area contributed by atoms with Crippen LogP contribution >= 0.6 is 0 Å². The second kappa shape index (κ2) is 8.21. The molecule has 1 saturated heterocycles. The van der Waals surface area contributed by atoms with Gasteiger partial charge in [-0.1, -0.05) is 18.9 Å². The molecular weight excluding hydrogens is 334 g/mol. The monoisotopic (exact) mass is 359 g/mol. The zero-order valence-electron chi connectivity index (χ0n) is 15.5. The Kier molecular flexibility index (Phi) is 5.75. The summed E-state index contributed by atoms with van der Waals surface area (Å²) in [5, 5.41) is 8.08. The number of nitrogens with zero attached hydrogens (tertiary/aromatic N) is 3. The molecule has 2 heterocycles. The van der Waals surface area contributed by atoms with Gasteiger partial charge in [0, 0.05) is 13.5 Å². The van der Waals surface area contributed by atoms with Crippen molar-refractivity contribution in [1.82, 2.24) is 15.1 Å². The number of methoxy groups -OCH3 is 2. The van der Waals surface area contributed by atoms with Gasteiger partial charge in [-0.15, -0.1) is 10.2 Å². The molecule has 1 amide bonds. The van der Waals surface area contributed by atoms with Crippen molar-refractivity contribution in [3.63, 3.8) is 0 Å². The van der Waals surface area contributed by atoms with Crippen LogP contribution in [0.4, 0.5) is 0 Å². The first kappa shape index (κ1) is 18.2. The van der Waals surface area contributed by atoms with Gasteiger partial charge in [0.1, 0.15) is 6.04 Å². The molecule has 1 aromatic heterocycles. The highest BCUT2D eigenvalue weighted by Gasteiger charge is 2.30. The van der Waals surface area contributed by atoms with Crippen molar-refractivity contribution in [2.45, 2.75) is 45.1 Å². The second-order valence-corrected chi connectivity index (χ2v) is 6.48. The van der Waals surface area contributed by atoms with E-state index in [1.165, 1.54) is 0 Å². The Balaban J connectivity index is 1.79. The number of likely N-dealkylation sites (tertiary alicyclic amines) is 1. The molecule has 1 aliphatic heterocycles. The lowest BCUT2D eigenvalue weighted by Crippen LogP contribution is -2.36. The molecule has 0 N–H and O–H groups in total. The maximum atomic E-state index is 13.0. The minimum Gasteiger partial charge on any atom is -0.493 e. The molecule has 26 heavy (non-hydrogen) atoms. The van der Waals surface area contributed by atoms with Gasteiger partial charge in [-0.2, -0.15) is 0 Å². The first-order chi connectivity index (χ1) is 12.6. The van der Waals surface area contributed by atoms with E-state index >= 15 is 0 Å². The van der Waals surface area contributed by atoms with Gasteiger partial charge in [0.25, 0.3) is 0 Å². The average Bonchev–Trinajstić information content (AvgIpc) is 2.93. The van der Waals surface area contributed by atoms with Crippen LogP contribution in [0.5, 0.6) is 11.5 Å². The summed E-state index contributed by atoms with van der Waals surface area (Å²) in [6, 6.07) is 5.41. The summed E-state index contributed by atoms with van der Waals surface area (Å²) in [5.74, 6) is 2.39. The van der Waals surface area contributed by atoms with E-state index in [-0.39, 0.29) is 11.9 Å². The second-order valence-electron chi connectivity index (χ2n) is 6.48. The van der Waals surface area contributed by atoms with Crippen molar-refractivity contribution in [3.8, 4) is 11.5 Å². The topological polar surface area (TPSA) is 77.7 Å². The van der Waals surface area contributed by atoms with E-state index in [0.717, 1.165) is 31.2 Å². The molecule has 0 saturated carbocycles. The fourth-order valence-electron chi connectivity index (χ4n) is 3.38. The SMILES string of the molecule is COc1ccc(CC(=O)N2CCCCCC2c2nnc(C)o2)cc1OC. The van der Waals surface area contributed by atoms with E-state index in [1.54, 1.807) is 21.1 Å². The van der Waals surface area contributed by atoms with Crippen LogP contribution in [-0.4, -0.2) is 41.8 Å². The summed E-state index contributed by atoms with van der Waals surface area (Å²) in [6.07, 6.45) is 4.28. The summed E-state index contributed by atoms with van der Waals surface area (Å²) in [4.78, 5) is 14.9. The molecule has 1 aromatic carbocycles. The zero-order chi connectivity index (χ0) is 18.5. The number of aryl methyl sites for hydroxylation is 1. The number of carbonyl (C=O) groups excluding carboxylic acids is 1. The number of hydrogen-bond donors (Lipinski definition) is 0. The summed E-state index contributed by atoms with van der Waals surface area (Å²) in [7, 11) is 3.18. The number of amides is 1. The number of aromatic nitrogens is 2. The summed E-state index contributed by atoms with van der Waals surface area (Å²) >= 11 is 0. The lowest BCUT2D eigenvalue weighted by Gasteiger charge is -2.27. The van der Waals surface area contributed by atoms with Crippen molar-refractivity contribution in [2.24, 2.45) is 0 Å². The van der Waals surface area contributed by atoms with E-state index < -0.39 is 0 Å². The maximum Gasteiger partial charge on any atom is 0.238 e. The first-order valence-corrected chi connectivity index (χ1v) is 8.92. The largest absolute Gasteiger partial charge is 0.493 e. The predicted octanol–water partition coefficient (Wildman–Crippen LogP) is 3.08. The normalized spacial score (nSPS) is 17.7. The Morgan fingerprint density at radius 2 is 2.00 bits per heavy atom. The average molecular weight is 359 g/mol. The van der Waals surface area contributed by atoms with Gasteiger partial charge in [-0.25, -0.2) is 0 Å². The van der Waals surface area contributed by atoms with Crippen LogP contribution in [0.15, 0.2) is 22.6 Å². The molecule has 3 rings (SSSR count). The van der Waals surface area contributed by atoms with E-state index in [9.17, 15) is 4.79 Å². The van der Waals surface area contributed by atoms with Crippen molar-refractivity contribution >= 4 is 5.91 Å². The molecule has 7 nitrogen and oxygen atoms in total. The molecule has 1 unspecified atom stereocenters. The van der Waals surface area contributed by atoms with Gasteiger partial charge in [0.2, 0.25) is 17.7 Å². The lowest BCUT2D eigenvalue weighted by molar-refractivity contribution is -0.133. The van der Waals surface area contributed by atoms with E-state index in [2.05, 4.69) is 10.2 Å². The smallest absolute Gasteiger partial charge is 0.238 e. The molecule has 0 aliphatic carbocycles. The molecule has 0 spiro atoms. The summed E-state index contributed by atoms with van der Waals surface area (Å²) < 4.78 is 16.2. The third-order valence-electron chi connectivity index (χ3n) is 4.70. The summed E-state index contributed by atoms with van der Waals surface area (Å²) in [5.41, 5.74) is 0.886. The Labute approximate surface area is 153 Å². The van der Waals surface area contributed by atoms with Gasteiger partial charge < -0.3 is 18.8 Å². The molecule has 1 atom stereocenters. The van der Waals surface area contributed by atoms with Crippen molar-refractivity contribution in [2.75, 3.05) is 20.8 Å². The molecule has 7 heteroatoms. The number of rotatable bonds is 5. The van der Waals surface area contributed by atoms with Gasteiger partial charge in [0.15, 0.2) is 11.5 Å². The zero-order valence-corrected chi connectivity index (χ0v) is 15.5. The Hall–Kier alpha value is -2.57. The van der Waals surface area contributed by atoms with Crippen LogP contribution in [0.25, 0.3) is 0 Å². The molecular formula is C19H25N3O4. The standard InChI is InChI=1S/C19H25N3O4/c1-13-20-21-19(26-13)15-7-5-4-6-10-22(15)18(23)12-14-8-9-16(24-2)17(11-14)25-3/h8-9,11,15H,4-7,10,12H2,1-3H3. The molecule has 1 aliphatic rings. The first-order valence-electron chi connectivity index (χ1n) is 8.92. The van der Waals surface area contributed by atoms with Crippen LogP contribution in [0.2, 0.25) is 0 Å². The summed E-state index contributed by atoms with van der Waals surface area (Å²) in [6.45, 7) is 2.47. The van der Waals surface area contributed by atoms with Gasteiger partial charge in [-0.3, -0.25) is 4.79 Å². The van der Waals surface area contributed by atoms with Crippen molar-refractivity contribution in [1.29, 1.82) is 0 Å². The fraction of sp³-hybridized carbons (Fsp3) is 0.526. The number of hydrogen-bond acceptors (Lipinski definition) is 6. The highest BCUT2D eigenvalue weighted by Crippen LogP contribution is 2.31. The number of carbonyl (C=O) groups is 1. The Morgan fingerprint density at radius 1 is 1.19 bits per heavy atom. The molecule has 2 aromatic rings. The van der Waals surface area contributed by atoms with E-state index in [4.69, 9.17) is 13.9 Å². The minimum absolute atomic E-state index is 0.0555. The fourth-order valence-corrected chi connectivity index (χ4v) is 3.38. The molecule has 0 bridgehead atoms. The highest BCUT2D eigenvalue weighted by atomic mass is 16.5. The molecule has 0 radical (unpaired) electrons. The van der Waals surface area contributed by atoms with E-state index in [1.807, 2.05) is 23.1 Å². The van der Waals surface area contributed by atoms with Gasteiger partial charge in [-0.05, 0) is 30.5 Å². The quantitative estimate of drug-likeness (QED) is 0.816. The maximum absolute atomic E-state index is 13.0. The van der Waals surface area contributed by atoms with Crippen LogP contribution in [0.3, 0.4) is 0 Å². The van der Waals surface area contributed by atoms with Crippen molar-refractivity contribution < 1.29 is 18.7 Å². The van der Waals surface area contributed by atoms with Gasteiger partial charge in [0.05, 0.1) is 20.6 Å². The van der Waals surface area contributed by atoms with Crippen LogP contribution < -0.4 is 9.47 Å². The lowest BCUT2D eigenvalue weighted by atomic mass is 10.1. The van der Waals surface area contributed by atoms with Crippen LogP contribution in [-0.2, 0) is 11.2 Å². The van der Waals surface area contributed by atoms with E-state index in [0.29, 0.717) is 36.2 Å². The number of ether oxygens (including phenoxy) is 2. The third-order valence-corrected chi connectivity index (χ3v) is 4.70. The Morgan fingerprint density at radius 3 is 2.69 bits per heavy atom. The highest BCUT2D eigenvalue weighted by molar-refractivity contribution is 5.79. The number of benzene rings is 1. The predicted molar refractivity (Wildman–Crippen MR) is 95.2 cm³/mol. The molecule has 1 fully saturated rings. The third kappa shape index (κ3) is 3.98. The Bertz CT molecular complexity index is 759. The van der Waals surface area contributed by atoms with Crippen molar-refractivity contribution in [3.05, 3.63) is 35.5 Å². The van der Waals surface area contributed by atoms with Crippen LogP contribution in [0, 0.1) is 6.92 Å². The molecule has 140 valence electrons.